The quantitative estimate of drug-likeness (QED) is 0.683. The van der Waals surface area contributed by atoms with Crippen molar-refractivity contribution < 1.29 is 0 Å². The van der Waals surface area contributed by atoms with Crippen molar-refractivity contribution in [1.29, 1.82) is 0 Å². The molecule has 0 radical (unpaired) electrons. The van der Waals surface area contributed by atoms with Crippen LogP contribution in [0.1, 0.15) is 33.3 Å². The van der Waals surface area contributed by atoms with Gasteiger partial charge in [-0.25, -0.2) is 0 Å². The summed E-state index contributed by atoms with van der Waals surface area (Å²) in [6.07, 6.45) is 1.69. The standard InChI is InChI=1S/C14H20N2.CH4S/c1-10-9-15-12-8-6-5-7-11(12)13(16-10)14(2,3)4;1-2/h5-8,10,15H,9H2,1-4H3;2H,1H3. The number of hydrogen-bond donors (Lipinski definition) is 2. The van der Waals surface area contributed by atoms with Crippen LogP contribution < -0.4 is 5.32 Å². The van der Waals surface area contributed by atoms with Gasteiger partial charge in [-0.2, -0.15) is 12.6 Å². The summed E-state index contributed by atoms with van der Waals surface area (Å²) in [6, 6.07) is 8.78. The smallest absolute Gasteiger partial charge is 0.0647 e. The Labute approximate surface area is 116 Å². The Kier molecular flexibility index (Phi) is 5.27. The van der Waals surface area contributed by atoms with Gasteiger partial charge in [0.15, 0.2) is 0 Å². The summed E-state index contributed by atoms with van der Waals surface area (Å²) in [5, 5.41) is 3.46. The van der Waals surface area contributed by atoms with Crippen LogP contribution in [-0.2, 0) is 0 Å². The van der Waals surface area contributed by atoms with Gasteiger partial charge in [0, 0.05) is 28.9 Å². The van der Waals surface area contributed by atoms with Gasteiger partial charge < -0.3 is 5.32 Å². The van der Waals surface area contributed by atoms with Crippen LogP contribution in [0.15, 0.2) is 29.3 Å². The van der Waals surface area contributed by atoms with E-state index in [9.17, 15) is 0 Å². The Morgan fingerprint density at radius 1 is 1.22 bits per heavy atom. The topological polar surface area (TPSA) is 24.4 Å². The van der Waals surface area contributed by atoms with Gasteiger partial charge in [-0.3, -0.25) is 4.99 Å². The normalized spacial score (nSPS) is 18.6. The Hall–Kier alpha value is -0.960. The highest BCUT2D eigenvalue weighted by molar-refractivity contribution is 7.79. The Bertz CT molecular complexity index is 419. The van der Waals surface area contributed by atoms with Gasteiger partial charge in [-0.1, -0.05) is 39.0 Å². The van der Waals surface area contributed by atoms with E-state index in [1.165, 1.54) is 17.0 Å². The molecule has 1 aromatic carbocycles. The number of nitrogens with one attached hydrogen (secondary N) is 1. The number of hydrogen-bond acceptors (Lipinski definition) is 3. The van der Waals surface area contributed by atoms with E-state index in [1.807, 2.05) is 0 Å². The predicted molar refractivity (Wildman–Crippen MR) is 85.3 cm³/mol. The third kappa shape index (κ3) is 3.52. The zero-order valence-electron chi connectivity index (χ0n) is 12.0. The largest absolute Gasteiger partial charge is 0.382 e. The summed E-state index contributed by atoms with van der Waals surface area (Å²) in [4.78, 5) is 4.84. The fourth-order valence-corrected chi connectivity index (χ4v) is 2.03. The molecule has 0 spiro atoms. The van der Waals surface area contributed by atoms with Crippen LogP contribution in [0.5, 0.6) is 0 Å². The predicted octanol–water partition coefficient (Wildman–Crippen LogP) is 3.88. The first kappa shape index (κ1) is 15.1. The highest BCUT2D eigenvalue weighted by atomic mass is 32.1. The first-order chi connectivity index (χ1) is 8.48. The number of benzodiazepines with no additional fused rings is 1. The summed E-state index contributed by atoms with van der Waals surface area (Å²) < 4.78 is 0. The van der Waals surface area contributed by atoms with Crippen molar-refractivity contribution in [2.75, 3.05) is 18.1 Å². The van der Waals surface area contributed by atoms with Crippen molar-refractivity contribution in [2.24, 2.45) is 10.4 Å². The molecular weight excluding hydrogens is 240 g/mol. The molecule has 2 rings (SSSR count). The van der Waals surface area contributed by atoms with E-state index in [-0.39, 0.29) is 5.41 Å². The van der Waals surface area contributed by atoms with Crippen LogP contribution in [-0.4, -0.2) is 24.6 Å². The van der Waals surface area contributed by atoms with E-state index in [0.717, 1.165) is 6.54 Å². The fraction of sp³-hybridized carbons (Fsp3) is 0.533. The third-order valence-corrected chi connectivity index (χ3v) is 2.83. The van der Waals surface area contributed by atoms with E-state index < -0.39 is 0 Å². The number of fused-ring (bicyclic) bond motifs is 1. The lowest BCUT2D eigenvalue weighted by atomic mass is 9.85. The molecule has 0 fully saturated rings. The molecule has 1 unspecified atom stereocenters. The Morgan fingerprint density at radius 3 is 2.44 bits per heavy atom. The van der Waals surface area contributed by atoms with E-state index in [2.05, 4.69) is 69.9 Å². The molecule has 18 heavy (non-hydrogen) atoms. The van der Waals surface area contributed by atoms with Crippen LogP contribution in [0.4, 0.5) is 5.69 Å². The molecule has 1 aromatic rings. The van der Waals surface area contributed by atoms with Gasteiger partial charge in [0.25, 0.3) is 0 Å². The van der Waals surface area contributed by atoms with Crippen molar-refractivity contribution in [3.05, 3.63) is 29.8 Å². The summed E-state index contributed by atoms with van der Waals surface area (Å²) in [7, 11) is 0. The van der Waals surface area contributed by atoms with E-state index in [0.29, 0.717) is 6.04 Å². The molecular formula is C15H24N2S. The zero-order chi connectivity index (χ0) is 13.8. The number of benzene rings is 1. The number of anilines is 1. The first-order valence-corrected chi connectivity index (χ1v) is 7.24. The summed E-state index contributed by atoms with van der Waals surface area (Å²) >= 11 is 3.53. The monoisotopic (exact) mass is 264 g/mol. The van der Waals surface area contributed by atoms with Gasteiger partial charge >= 0.3 is 0 Å². The second-order valence-corrected chi connectivity index (χ2v) is 5.50. The summed E-state index contributed by atoms with van der Waals surface area (Å²) in [5.41, 5.74) is 3.76. The number of thiol groups is 1. The van der Waals surface area contributed by atoms with Crippen molar-refractivity contribution in [2.45, 2.75) is 33.7 Å². The molecule has 100 valence electrons. The maximum absolute atomic E-state index is 4.84. The van der Waals surface area contributed by atoms with Gasteiger partial charge in [0.1, 0.15) is 0 Å². The highest BCUT2D eigenvalue weighted by Gasteiger charge is 2.25. The van der Waals surface area contributed by atoms with Crippen LogP contribution in [0.2, 0.25) is 0 Å². The third-order valence-electron chi connectivity index (χ3n) is 2.83. The molecule has 0 saturated carbocycles. The van der Waals surface area contributed by atoms with Crippen LogP contribution >= 0.6 is 12.6 Å². The minimum Gasteiger partial charge on any atom is -0.382 e. The fourth-order valence-electron chi connectivity index (χ4n) is 2.03. The molecule has 0 bridgehead atoms. The van der Waals surface area contributed by atoms with Gasteiger partial charge in [0.05, 0.1) is 6.04 Å². The molecule has 0 amide bonds. The number of nitrogens with zero attached hydrogens (tertiary/aromatic N) is 1. The molecule has 1 N–H and O–H groups in total. The number of rotatable bonds is 0. The lowest BCUT2D eigenvalue weighted by molar-refractivity contribution is 0.584. The Morgan fingerprint density at radius 2 is 1.83 bits per heavy atom. The lowest BCUT2D eigenvalue weighted by Gasteiger charge is -2.22. The molecule has 1 aliphatic rings. The molecule has 1 atom stereocenters. The van der Waals surface area contributed by atoms with E-state index >= 15 is 0 Å². The molecule has 0 saturated heterocycles. The average molecular weight is 264 g/mol. The van der Waals surface area contributed by atoms with Crippen molar-refractivity contribution in [3.8, 4) is 0 Å². The molecule has 0 aromatic heterocycles. The van der Waals surface area contributed by atoms with E-state index in [1.54, 1.807) is 6.26 Å². The average Bonchev–Trinajstić information content (AvgIpc) is 2.51. The van der Waals surface area contributed by atoms with Crippen LogP contribution in [0.3, 0.4) is 0 Å². The molecule has 1 heterocycles. The van der Waals surface area contributed by atoms with Crippen LogP contribution in [0, 0.1) is 5.41 Å². The number of aliphatic imine (C=N–C) groups is 1. The summed E-state index contributed by atoms with van der Waals surface area (Å²) in [6.45, 7) is 9.74. The zero-order valence-corrected chi connectivity index (χ0v) is 12.9. The second-order valence-electron chi connectivity index (χ2n) is 5.50. The van der Waals surface area contributed by atoms with E-state index in [4.69, 9.17) is 4.99 Å². The minimum absolute atomic E-state index is 0.0936. The van der Waals surface area contributed by atoms with Crippen molar-refractivity contribution >= 4 is 24.0 Å². The first-order valence-electron chi connectivity index (χ1n) is 6.35. The highest BCUT2D eigenvalue weighted by Crippen LogP contribution is 2.29. The van der Waals surface area contributed by atoms with Gasteiger partial charge in [0.2, 0.25) is 0 Å². The molecule has 3 heteroatoms. The molecule has 0 aliphatic carbocycles. The summed E-state index contributed by atoms with van der Waals surface area (Å²) in [5.74, 6) is 0. The molecule has 2 nitrogen and oxygen atoms in total. The number of para-hydroxylation sites is 1. The molecule has 1 aliphatic heterocycles. The second kappa shape index (κ2) is 6.28. The minimum atomic E-state index is 0.0936. The maximum atomic E-state index is 4.84. The Balaban J connectivity index is 0.000000771. The van der Waals surface area contributed by atoms with Gasteiger partial charge in [-0.15, -0.1) is 0 Å². The van der Waals surface area contributed by atoms with Crippen LogP contribution in [0.25, 0.3) is 0 Å². The maximum Gasteiger partial charge on any atom is 0.0647 e. The SMILES string of the molecule is CC1CNc2ccccc2C(C(C)(C)C)=N1.CS. The van der Waals surface area contributed by atoms with Crippen molar-refractivity contribution in [1.82, 2.24) is 0 Å². The van der Waals surface area contributed by atoms with Gasteiger partial charge in [-0.05, 0) is 19.2 Å². The van der Waals surface area contributed by atoms with Crippen molar-refractivity contribution in [3.63, 3.8) is 0 Å². The lowest BCUT2D eigenvalue weighted by Crippen LogP contribution is -2.22.